The average Bonchev–Trinajstić information content (AvgIpc) is 3.09. The summed E-state index contributed by atoms with van der Waals surface area (Å²) in [5.74, 6) is -0.594. The van der Waals surface area contributed by atoms with E-state index in [1.165, 1.54) is 12.1 Å². The zero-order valence-corrected chi connectivity index (χ0v) is 21.9. The Morgan fingerprint density at radius 2 is 1.51 bits per heavy atom. The summed E-state index contributed by atoms with van der Waals surface area (Å²) in [5, 5.41) is 4.17. The Labute approximate surface area is 231 Å². The third-order valence-corrected chi connectivity index (χ3v) is 7.73. The van der Waals surface area contributed by atoms with Crippen LogP contribution in [0.5, 0.6) is 0 Å². The predicted molar refractivity (Wildman–Crippen MR) is 152 cm³/mol. The van der Waals surface area contributed by atoms with Gasteiger partial charge < -0.3 is 5.32 Å². The second-order valence-electron chi connectivity index (χ2n) is 9.99. The van der Waals surface area contributed by atoms with Gasteiger partial charge in [-0.15, -0.1) is 0 Å². The Balaban J connectivity index is 1.51. The van der Waals surface area contributed by atoms with Gasteiger partial charge in [0, 0.05) is 22.7 Å². The van der Waals surface area contributed by atoms with E-state index >= 15 is 0 Å². The molecule has 0 bridgehead atoms. The molecule has 6 rings (SSSR count). The van der Waals surface area contributed by atoms with Crippen LogP contribution in [-0.4, -0.2) is 11.7 Å². The molecule has 2 aliphatic rings. The molecule has 1 aliphatic heterocycles. The molecule has 0 radical (unpaired) electrons. The van der Waals surface area contributed by atoms with Crippen molar-refractivity contribution >= 4 is 34.7 Å². The van der Waals surface area contributed by atoms with Crippen LogP contribution in [0.1, 0.15) is 41.5 Å². The number of anilines is 2. The molecule has 1 N–H and O–H groups in total. The van der Waals surface area contributed by atoms with Crippen molar-refractivity contribution < 1.29 is 14.0 Å². The number of allylic oxidation sites excluding steroid dienone is 1. The van der Waals surface area contributed by atoms with Crippen molar-refractivity contribution in [3.63, 3.8) is 0 Å². The van der Waals surface area contributed by atoms with Crippen molar-refractivity contribution in [2.45, 2.75) is 31.2 Å². The first-order valence-corrected chi connectivity index (χ1v) is 13.3. The maximum absolute atomic E-state index is 14.1. The van der Waals surface area contributed by atoms with E-state index in [4.69, 9.17) is 11.6 Å². The fourth-order valence-corrected chi connectivity index (χ4v) is 5.78. The lowest BCUT2D eigenvalue weighted by Gasteiger charge is -2.35. The molecule has 0 spiro atoms. The highest BCUT2D eigenvalue weighted by Gasteiger charge is 2.41. The van der Waals surface area contributed by atoms with Crippen LogP contribution in [-0.2, 0) is 16.0 Å². The standard InChI is InChI=1S/C33H26ClFN2O2/c34-25-14-10-22(11-15-25)24-19-28-32(30(38)20-24)33(23-12-16-26(35)17-13-23)37(29-9-5-4-8-27(29)36-28)31(39)18-21-6-2-1-3-7-21/h1-17,24,33,36H,18-20H2/t24-,33+/m0/s1. The average molecular weight is 537 g/mol. The van der Waals surface area contributed by atoms with Crippen LogP contribution >= 0.6 is 11.6 Å². The predicted octanol–water partition coefficient (Wildman–Crippen LogP) is 7.62. The van der Waals surface area contributed by atoms with Gasteiger partial charge in [-0.2, -0.15) is 0 Å². The van der Waals surface area contributed by atoms with Crippen LogP contribution in [0.4, 0.5) is 15.8 Å². The number of halogens is 2. The maximum Gasteiger partial charge on any atom is 0.232 e. The van der Waals surface area contributed by atoms with Crippen LogP contribution in [0, 0.1) is 5.82 Å². The molecule has 2 atom stereocenters. The number of hydrogen-bond donors (Lipinski definition) is 1. The number of amides is 1. The summed E-state index contributed by atoms with van der Waals surface area (Å²) in [6.45, 7) is 0. The van der Waals surface area contributed by atoms with E-state index in [1.807, 2.05) is 78.9 Å². The van der Waals surface area contributed by atoms with Gasteiger partial charge in [-0.3, -0.25) is 14.5 Å². The molecule has 194 valence electrons. The summed E-state index contributed by atoms with van der Waals surface area (Å²) >= 11 is 6.12. The monoisotopic (exact) mass is 536 g/mol. The third kappa shape index (κ3) is 4.98. The van der Waals surface area contributed by atoms with Gasteiger partial charge >= 0.3 is 0 Å². The lowest BCUT2D eigenvalue weighted by Crippen LogP contribution is -2.39. The Morgan fingerprint density at radius 3 is 2.26 bits per heavy atom. The molecule has 4 aromatic carbocycles. The number of nitrogens with zero attached hydrogens (tertiary/aromatic N) is 1. The fraction of sp³-hybridized carbons (Fsp3) is 0.152. The number of hydrogen-bond acceptors (Lipinski definition) is 3. The van der Waals surface area contributed by atoms with Crippen LogP contribution in [0.25, 0.3) is 0 Å². The number of rotatable bonds is 4. The van der Waals surface area contributed by atoms with Crippen LogP contribution in [0.3, 0.4) is 0 Å². The zero-order valence-electron chi connectivity index (χ0n) is 21.1. The molecule has 4 aromatic rings. The molecule has 0 aromatic heterocycles. The number of fused-ring (bicyclic) bond motifs is 1. The van der Waals surface area contributed by atoms with E-state index in [1.54, 1.807) is 17.0 Å². The van der Waals surface area contributed by atoms with Crippen LogP contribution in [0.15, 0.2) is 114 Å². The van der Waals surface area contributed by atoms with Crippen LogP contribution in [0.2, 0.25) is 5.02 Å². The summed E-state index contributed by atoms with van der Waals surface area (Å²) in [6, 6.07) is 30.1. The first-order chi connectivity index (χ1) is 19.0. The van der Waals surface area contributed by atoms with E-state index in [2.05, 4.69) is 5.32 Å². The summed E-state index contributed by atoms with van der Waals surface area (Å²) in [6.07, 6.45) is 1.06. The van der Waals surface area contributed by atoms with Gasteiger partial charge in [0.2, 0.25) is 5.91 Å². The smallest absolute Gasteiger partial charge is 0.232 e. The first-order valence-electron chi connectivity index (χ1n) is 13.0. The van der Waals surface area contributed by atoms with E-state index in [0.29, 0.717) is 34.7 Å². The van der Waals surface area contributed by atoms with Crippen molar-refractivity contribution in [3.05, 3.63) is 142 Å². The summed E-state index contributed by atoms with van der Waals surface area (Å²) < 4.78 is 14.0. The minimum absolute atomic E-state index is 0.0337. The van der Waals surface area contributed by atoms with Gasteiger partial charge in [0.05, 0.1) is 23.8 Å². The number of carbonyl (C=O) groups excluding carboxylic acids is 2. The number of Topliss-reactive ketones (excluding diaryl/α,β-unsaturated/α-hetero) is 1. The highest BCUT2D eigenvalue weighted by Crippen LogP contribution is 2.47. The Kier molecular flexibility index (Phi) is 6.76. The summed E-state index contributed by atoms with van der Waals surface area (Å²) in [5.41, 5.74) is 5.35. The number of ketones is 1. The van der Waals surface area contributed by atoms with Gasteiger partial charge in [0.15, 0.2) is 5.78 Å². The third-order valence-electron chi connectivity index (χ3n) is 7.48. The molecule has 6 heteroatoms. The normalized spacial score (nSPS) is 18.6. The van der Waals surface area contributed by atoms with Crippen LogP contribution < -0.4 is 10.2 Å². The zero-order chi connectivity index (χ0) is 26.9. The minimum Gasteiger partial charge on any atom is -0.357 e. The summed E-state index contributed by atoms with van der Waals surface area (Å²) in [4.78, 5) is 29.8. The SMILES string of the molecule is O=C1C[C@@H](c2ccc(Cl)cc2)CC2=C1[C@@H](c1ccc(F)cc1)N(C(=O)Cc1ccccc1)c1ccccc1N2. The highest BCUT2D eigenvalue weighted by atomic mass is 35.5. The molecule has 39 heavy (non-hydrogen) atoms. The minimum atomic E-state index is -0.702. The number of nitrogens with one attached hydrogen (secondary N) is 1. The Morgan fingerprint density at radius 1 is 0.846 bits per heavy atom. The van der Waals surface area contributed by atoms with Gasteiger partial charge in [0.1, 0.15) is 5.82 Å². The molecule has 4 nitrogen and oxygen atoms in total. The molecule has 0 saturated carbocycles. The maximum atomic E-state index is 14.1. The Bertz CT molecular complexity index is 1570. The lowest BCUT2D eigenvalue weighted by atomic mass is 9.78. The molecule has 1 amide bonds. The van der Waals surface area contributed by atoms with Crippen molar-refractivity contribution in [3.8, 4) is 0 Å². The summed E-state index contributed by atoms with van der Waals surface area (Å²) in [7, 11) is 0. The van der Waals surface area contributed by atoms with Crippen molar-refractivity contribution in [2.75, 3.05) is 10.2 Å². The molecule has 1 aliphatic carbocycles. The van der Waals surface area contributed by atoms with Crippen molar-refractivity contribution in [1.29, 1.82) is 0 Å². The molecule has 1 heterocycles. The fourth-order valence-electron chi connectivity index (χ4n) is 5.65. The molecular formula is C33H26ClFN2O2. The van der Waals surface area contributed by atoms with E-state index in [-0.39, 0.29) is 29.8 Å². The number of carbonyl (C=O) groups is 2. The van der Waals surface area contributed by atoms with Crippen molar-refractivity contribution in [1.82, 2.24) is 0 Å². The highest BCUT2D eigenvalue weighted by molar-refractivity contribution is 6.30. The topological polar surface area (TPSA) is 49.4 Å². The largest absolute Gasteiger partial charge is 0.357 e. The number of para-hydroxylation sites is 2. The lowest BCUT2D eigenvalue weighted by molar-refractivity contribution is -0.118. The van der Waals surface area contributed by atoms with E-state index in [0.717, 1.165) is 22.5 Å². The van der Waals surface area contributed by atoms with Gasteiger partial charge in [-0.05, 0) is 65.4 Å². The van der Waals surface area contributed by atoms with E-state index < -0.39 is 6.04 Å². The van der Waals surface area contributed by atoms with Gasteiger partial charge in [-0.25, -0.2) is 4.39 Å². The quantitative estimate of drug-likeness (QED) is 0.292. The second kappa shape index (κ2) is 10.5. The molecule has 0 unspecified atom stereocenters. The number of benzene rings is 4. The second-order valence-corrected chi connectivity index (χ2v) is 10.4. The van der Waals surface area contributed by atoms with Gasteiger partial charge in [0.25, 0.3) is 0 Å². The first kappa shape index (κ1) is 25.1. The van der Waals surface area contributed by atoms with Crippen molar-refractivity contribution in [2.24, 2.45) is 0 Å². The van der Waals surface area contributed by atoms with Gasteiger partial charge in [-0.1, -0.05) is 78.3 Å². The van der Waals surface area contributed by atoms with E-state index in [9.17, 15) is 14.0 Å². The molecule has 0 saturated heterocycles. The molecule has 0 fully saturated rings. The molecular weight excluding hydrogens is 511 g/mol. The Hall–Kier alpha value is -4.22.